The van der Waals surface area contributed by atoms with Gasteiger partial charge in [-0.15, -0.1) is 5.10 Å². The van der Waals surface area contributed by atoms with Crippen LogP contribution in [0.4, 0.5) is 26.3 Å². The summed E-state index contributed by atoms with van der Waals surface area (Å²) in [6.07, 6.45) is -15.0. The summed E-state index contributed by atoms with van der Waals surface area (Å²) in [6, 6.07) is 0. The molecule has 0 aliphatic heterocycles. The maximum atomic E-state index is 12.2. The second-order valence-electron chi connectivity index (χ2n) is 3.07. The molecule has 0 saturated carbocycles. The molecule has 1 aromatic heterocycles. The van der Waals surface area contributed by atoms with Crippen molar-refractivity contribution >= 4 is 11.3 Å². The largest absolute Gasteiger partial charge is 0.446 e. The van der Waals surface area contributed by atoms with Crippen molar-refractivity contribution in [2.24, 2.45) is 0 Å². The van der Waals surface area contributed by atoms with Crippen molar-refractivity contribution in [2.45, 2.75) is 25.0 Å². The molecule has 0 spiro atoms. The van der Waals surface area contributed by atoms with Gasteiger partial charge in [-0.2, -0.15) is 26.3 Å². The quantitative estimate of drug-likeness (QED) is 0.864. The Morgan fingerprint density at radius 1 is 1.17 bits per heavy atom. The van der Waals surface area contributed by atoms with Gasteiger partial charge in [-0.1, -0.05) is 16.4 Å². The molecular weight excluding hydrogens is 288 g/mol. The van der Waals surface area contributed by atoms with Gasteiger partial charge in [0.15, 0.2) is 0 Å². The van der Waals surface area contributed by atoms with Gasteiger partial charge in [0.1, 0.15) is 5.01 Å². The van der Waals surface area contributed by atoms with Crippen LogP contribution in [0.15, 0.2) is 0 Å². The van der Waals surface area contributed by atoms with E-state index >= 15 is 0 Å². The maximum Gasteiger partial charge on any atom is 0.434 e. The molecule has 18 heavy (non-hydrogen) atoms. The predicted molar refractivity (Wildman–Crippen MR) is 49.2 cm³/mol. The first-order chi connectivity index (χ1) is 8.14. The zero-order valence-electron chi connectivity index (χ0n) is 8.76. The SMILES string of the molecule is CNCc1nnc(OC(C(F)(F)F)C(F)(F)F)s1. The van der Waals surface area contributed by atoms with Crippen molar-refractivity contribution < 1.29 is 31.1 Å². The average molecular weight is 295 g/mol. The van der Waals surface area contributed by atoms with E-state index in [4.69, 9.17) is 0 Å². The lowest BCUT2D eigenvalue weighted by Gasteiger charge is -2.21. The van der Waals surface area contributed by atoms with E-state index in [2.05, 4.69) is 20.3 Å². The van der Waals surface area contributed by atoms with E-state index < -0.39 is 23.7 Å². The smallest absolute Gasteiger partial charge is 0.434 e. The van der Waals surface area contributed by atoms with Crippen LogP contribution in [0.3, 0.4) is 0 Å². The van der Waals surface area contributed by atoms with E-state index in [1.165, 1.54) is 7.05 Å². The molecule has 0 unspecified atom stereocenters. The van der Waals surface area contributed by atoms with Gasteiger partial charge in [0.05, 0.1) is 0 Å². The lowest BCUT2D eigenvalue weighted by atomic mass is 10.3. The summed E-state index contributed by atoms with van der Waals surface area (Å²) in [5.74, 6) is 0. The molecule has 0 aromatic carbocycles. The van der Waals surface area contributed by atoms with E-state index in [1.807, 2.05) is 0 Å². The summed E-state index contributed by atoms with van der Waals surface area (Å²) in [5.41, 5.74) is 0. The number of rotatable bonds is 4. The van der Waals surface area contributed by atoms with Gasteiger partial charge in [0.2, 0.25) is 0 Å². The zero-order chi connectivity index (χ0) is 14.0. The van der Waals surface area contributed by atoms with E-state index in [0.29, 0.717) is 11.3 Å². The van der Waals surface area contributed by atoms with Crippen molar-refractivity contribution in [3.8, 4) is 5.19 Å². The van der Waals surface area contributed by atoms with Gasteiger partial charge in [-0.3, -0.25) is 0 Å². The molecule has 11 heteroatoms. The lowest BCUT2D eigenvalue weighted by molar-refractivity contribution is -0.299. The molecule has 104 valence electrons. The Labute approximate surface area is 101 Å². The van der Waals surface area contributed by atoms with Crippen LogP contribution >= 0.6 is 11.3 Å². The minimum atomic E-state index is -5.56. The van der Waals surface area contributed by atoms with Crippen LogP contribution in [-0.2, 0) is 6.54 Å². The number of alkyl halides is 6. The van der Waals surface area contributed by atoms with Crippen molar-refractivity contribution in [3.05, 3.63) is 5.01 Å². The molecule has 0 radical (unpaired) electrons. The number of ether oxygens (including phenoxy) is 1. The number of nitrogens with one attached hydrogen (secondary N) is 1. The number of hydrogen-bond acceptors (Lipinski definition) is 5. The molecule has 0 saturated heterocycles. The molecule has 0 aliphatic carbocycles. The first kappa shape index (κ1) is 15.0. The van der Waals surface area contributed by atoms with Crippen LogP contribution in [0.25, 0.3) is 0 Å². The molecule has 0 amide bonds. The van der Waals surface area contributed by atoms with E-state index in [9.17, 15) is 26.3 Å². The van der Waals surface area contributed by atoms with Gasteiger partial charge in [-0.25, -0.2) is 0 Å². The van der Waals surface area contributed by atoms with E-state index in [0.717, 1.165) is 0 Å². The fraction of sp³-hybridized carbons (Fsp3) is 0.714. The minimum absolute atomic E-state index is 0.170. The first-order valence-electron chi connectivity index (χ1n) is 4.41. The van der Waals surface area contributed by atoms with Crippen molar-refractivity contribution in [3.63, 3.8) is 0 Å². The Morgan fingerprint density at radius 3 is 2.17 bits per heavy atom. The number of halogens is 6. The molecule has 1 aromatic rings. The fourth-order valence-corrected chi connectivity index (χ4v) is 1.65. The minimum Gasteiger partial charge on any atom is -0.446 e. The van der Waals surface area contributed by atoms with Crippen LogP contribution in [0.2, 0.25) is 0 Å². The highest BCUT2D eigenvalue weighted by Gasteiger charge is 2.59. The summed E-state index contributed by atoms with van der Waals surface area (Å²) >= 11 is 0.511. The molecule has 0 aliphatic rings. The molecule has 1 N–H and O–H groups in total. The Morgan fingerprint density at radius 2 is 1.72 bits per heavy atom. The number of aromatic nitrogens is 2. The second kappa shape index (κ2) is 5.26. The Hall–Kier alpha value is -1.10. The van der Waals surface area contributed by atoms with Crippen LogP contribution in [0, 0.1) is 0 Å². The number of nitrogens with zero attached hydrogens (tertiary/aromatic N) is 2. The van der Waals surface area contributed by atoms with Gasteiger partial charge >= 0.3 is 12.4 Å². The van der Waals surface area contributed by atoms with Gasteiger partial charge in [0, 0.05) is 6.54 Å². The molecular formula is C7H7F6N3OS. The third kappa shape index (κ3) is 3.98. The predicted octanol–water partition coefficient (Wildman–Crippen LogP) is 2.13. The summed E-state index contributed by atoms with van der Waals surface area (Å²) in [6.45, 7) is 0.170. The third-order valence-electron chi connectivity index (χ3n) is 1.59. The molecule has 0 bridgehead atoms. The van der Waals surface area contributed by atoms with Gasteiger partial charge in [0.25, 0.3) is 11.3 Å². The van der Waals surface area contributed by atoms with Crippen LogP contribution in [0.5, 0.6) is 5.19 Å². The lowest BCUT2D eigenvalue weighted by Crippen LogP contribution is -2.46. The highest BCUT2D eigenvalue weighted by atomic mass is 32.1. The average Bonchev–Trinajstić information content (AvgIpc) is 2.59. The second-order valence-corrected chi connectivity index (χ2v) is 4.10. The summed E-state index contributed by atoms with van der Waals surface area (Å²) in [7, 11) is 1.54. The molecule has 1 heterocycles. The normalized spacial score (nSPS) is 13.1. The fourth-order valence-electron chi connectivity index (χ4n) is 0.929. The maximum absolute atomic E-state index is 12.2. The highest BCUT2D eigenvalue weighted by molar-refractivity contribution is 7.13. The Bertz CT molecular complexity index is 375. The topological polar surface area (TPSA) is 47.0 Å². The van der Waals surface area contributed by atoms with Crippen LogP contribution in [0.1, 0.15) is 5.01 Å². The molecule has 1 rings (SSSR count). The Balaban J connectivity index is 2.83. The van der Waals surface area contributed by atoms with Crippen LogP contribution < -0.4 is 10.1 Å². The van der Waals surface area contributed by atoms with Crippen molar-refractivity contribution in [2.75, 3.05) is 7.05 Å². The van der Waals surface area contributed by atoms with Gasteiger partial charge in [-0.05, 0) is 7.05 Å². The van der Waals surface area contributed by atoms with Gasteiger partial charge < -0.3 is 10.1 Å². The summed E-state index contributed by atoms with van der Waals surface area (Å²) in [5, 5.41) is 8.54. The zero-order valence-corrected chi connectivity index (χ0v) is 9.58. The van der Waals surface area contributed by atoms with E-state index in [1.54, 1.807) is 0 Å². The highest BCUT2D eigenvalue weighted by Crippen LogP contribution is 2.37. The first-order valence-corrected chi connectivity index (χ1v) is 5.23. The molecule has 4 nitrogen and oxygen atoms in total. The summed E-state index contributed by atoms with van der Waals surface area (Å²) in [4.78, 5) is 0. The van der Waals surface area contributed by atoms with Crippen molar-refractivity contribution in [1.82, 2.24) is 15.5 Å². The van der Waals surface area contributed by atoms with E-state index in [-0.39, 0.29) is 11.6 Å². The Kier molecular flexibility index (Phi) is 4.37. The monoisotopic (exact) mass is 295 g/mol. The standard InChI is InChI=1S/C7H7F6N3OS/c1-14-2-3-15-16-5(18-3)17-4(6(8,9)10)7(11,12)13/h4,14H,2H2,1H3. The third-order valence-corrected chi connectivity index (χ3v) is 2.40. The summed E-state index contributed by atoms with van der Waals surface area (Å²) < 4.78 is 76.8. The van der Waals surface area contributed by atoms with Crippen LogP contribution in [-0.4, -0.2) is 35.7 Å². The molecule has 0 fully saturated rings. The number of hydrogen-bond donors (Lipinski definition) is 1. The molecule has 0 atom stereocenters. The van der Waals surface area contributed by atoms with Crippen molar-refractivity contribution in [1.29, 1.82) is 0 Å².